The maximum atomic E-state index is 12.8. The van der Waals surface area contributed by atoms with Crippen molar-refractivity contribution in [2.24, 2.45) is 4.99 Å². The third kappa shape index (κ3) is 8.90. The molecule has 160 valence electrons. The number of nitrogens with zero attached hydrogens (tertiary/aromatic N) is 1. The van der Waals surface area contributed by atoms with E-state index in [-0.39, 0.29) is 30.5 Å². The molecule has 2 rings (SSSR count). The van der Waals surface area contributed by atoms with Gasteiger partial charge in [0.1, 0.15) is 12.4 Å². The van der Waals surface area contributed by atoms with E-state index in [1.54, 1.807) is 20.2 Å². The first-order chi connectivity index (χ1) is 13.4. The van der Waals surface area contributed by atoms with Crippen molar-refractivity contribution in [2.45, 2.75) is 19.3 Å². The van der Waals surface area contributed by atoms with Gasteiger partial charge in [0.05, 0.1) is 12.2 Å². The number of guanidine groups is 1. The van der Waals surface area contributed by atoms with E-state index in [9.17, 15) is 13.2 Å². The van der Waals surface area contributed by atoms with E-state index in [0.29, 0.717) is 31.3 Å². The van der Waals surface area contributed by atoms with Gasteiger partial charge in [-0.15, -0.1) is 24.0 Å². The minimum Gasteiger partial charge on any atom is -0.491 e. The van der Waals surface area contributed by atoms with Crippen LogP contribution in [0.4, 0.5) is 13.2 Å². The monoisotopic (exact) mass is 523 g/mol. The Hall–Kier alpha value is -2.01. The van der Waals surface area contributed by atoms with Gasteiger partial charge in [0.15, 0.2) is 5.96 Å². The summed E-state index contributed by atoms with van der Waals surface area (Å²) in [5.74, 6) is 1.26. The van der Waals surface area contributed by atoms with Crippen molar-refractivity contribution >= 4 is 29.9 Å². The number of ether oxygens (including phenoxy) is 2. The summed E-state index contributed by atoms with van der Waals surface area (Å²) in [6.45, 7) is 1.76. The van der Waals surface area contributed by atoms with Crippen LogP contribution in [0.5, 0.6) is 5.75 Å². The molecular formula is C20H25F3IN3O2. The SMILES string of the molecule is CN=C(NCc1ccc(OCCOC)cc1)NCc1cccc(C(F)(F)F)c1.I. The third-order valence-electron chi connectivity index (χ3n) is 3.88. The van der Waals surface area contributed by atoms with Crippen LogP contribution in [0.2, 0.25) is 0 Å². The number of hydrogen-bond donors (Lipinski definition) is 2. The van der Waals surface area contributed by atoms with Gasteiger partial charge in [0, 0.05) is 27.2 Å². The van der Waals surface area contributed by atoms with Gasteiger partial charge in [-0.2, -0.15) is 13.2 Å². The summed E-state index contributed by atoms with van der Waals surface area (Å²) in [5.41, 5.74) is 0.874. The van der Waals surface area contributed by atoms with Crippen LogP contribution in [0.1, 0.15) is 16.7 Å². The number of benzene rings is 2. The molecule has 0 aliphatic rings. The first-order valence-electron chi connectivity index (χ1n) is 8.73. The predicted octanol–water partition coefficient (Wildman–Crippen LogP) is 4.21. The Labute approximate surface area is 185 Å². The predicted molar refractivity (Wildman–Crippen MR) is 118 cm³/mol. The Morgan fingerprint density at radius 1 is 0.966 bits per heavy atom. The Morgan fingerprint density at radius 2 is 1.62 bits per heavy atom. The zero-order valence-corrected chi connectivity index (χ0v) is 18.6. The number of aliphatic imine (C=N–C) groups is 1. The molecule has 0 heterocycles. The smallest absolute Gasteiger partial charge is 0.416 e. The molecule has 0 aliphatic heterocycles. The van der Waals surface area contributed by atoms with E-state index in [1.165, 1.54) is 6.07 Å². The normalized spacial score (nSPS) is 11.6. The van der Waals surface area contributed by atoms with E-state index in [2.05, 4.69) is 15.6 Å². The summed E-state index contributed by atoms with van der Waals surface area (Å²) in [7, 11) is 3.22. The molecule has 2 N–H and O–H groups in total. The van der Waals surface area contributed by atoms with E-state index in [1.807, 2.05) is 24.3 Å². The second-order valence-electron chi connectivity index (χ2n) is 5.96. The van der Waals surface area contributed by atoms with Gasteiger partial charge in [-0.05, 0) is 35.4 Å². The van der Waals surface area contributed by atoms with Crippen molar-refractivity contribution in [1.82, 2.24) is 10.6 Å². The number of nitrogens with one attached hydrogen (secondary N) is 2. The summed E-state index contributed by atoms with van der Waals surface area (Å²) >= 11 is 0. The average molecular weight is 523 g/mol. The molecule has 9 heteroatoms. The van der Waals surface area contributed by atoms with Crippen LogP contribution in [-0.2, 0) is 24.0 Å². The van der Waals surface area contributed by atoms with Crippen molar-refractivity contribution in [3.8, 4) is 5.75 Å². The van der Waals surface area contributed by atoms with Crippen LogP contribution >= 0.6 is 24.0 Å². The van der Waals surface area contributed by atoms with Gasteiger partial charge in [-0.3, -0.25) is 4.99 Å². The minimum absolute atomic E-state index is 0. The Balaban J connectivity index is 0.00000420. The molecule has 0 amide bonds. The topological polar surface area (TPSA) is 54.9 Å². The van der Waals surface area contributed by atoms with Crippen molar-refractivity contribution in [1.29, 1.82) is 0 Å². The van der Waals surface area contributed by atoms with Crippen molar-refractivity contribution in [3.05, 3.63) is 65.2 Å². The van der Waals surface area contributed by atoms with Gasteiger partial charge in [0.25, 0.3) is 0 Å². The van der Waals surface area contributed by atoms with Crippen molar-refractivity contribution in [3.63, 3.8) is 0 Å². The minimum atomic E-state index is -4.35. The van der Waals surface area contributed by atoms with Gasteiger partial charge in [0.2, 0.25) is 0 Å². The van der Waals surface area contributed by atoms with Crippen LogP contribution in [0, 0.1) is 0 Å². The summed E-state index contributed by atoms with van der Waals surface area (Å²) in [6.07, 6.45) is -4.35. The molecule has 2 aromatic rings. The molecule has 0 saturated heterocycles. The molecule has 0 fully saturated rings. The first kappa shape index (κ1) is 25.0. The largest absolute Gasteiger partial charge is 0.491 e. The lowest BCUT2D eigenvalue weighted by Gasteiger charge is -2.13. The number of hydrogen-bond acceptors (Lipinski definition) is 3. The lowest BCUT2D eigenvalue weighted by atomic mass is 10.1. The average Bonchev–Trinajstić information content (AvgIpc) is 2.69. The first-order valence-corrected chi connectivity index (χ1v) is 8.73. The maximum Gasteiger partial charge on any atom is 0.416 e. The highest BCUT2D eigenvalue weighted by atomic mass is 127. The molecule has 0 aromatic heterocycles. The molecule has 0 bridgehead atoms. The fourth-order valence-corrected chi connectivity index (χ4v) is 2.40. The highest BCUT2D eigenvalue weighted by Gasteiger charge is 2.30. The van der Waals surface area contributed by atoms with Crippen LogP contribution in [-0.4, -0.2) is 33.3 Å². The Morgan fingerprint density at radius 3 is 2.21 bits per heavy atom. The van der Waals surface area contributed by atoms with Crippen molar-refractivity contribution < 1.29 is 22.6 Å². The summed E-state index contributed by atoms with van der Waals surface area (Å²) in [5, 5.41) is 6.14. The molecule has 0 spiro atoms. The Kier molecular flexibility index (Phi) is 10.8. The fraction of sp³-hybridized carbons (Fsp3) is 0.350. The molecule has 0 saturated carbocycles. The molecule has 29 heavy (non-hydrogen) atoms. The van der Waals surface area contributed by atoms with E-state index < -0.39 is 11.7 Å². The lowest BCUT2D eigenvalue weighted by Crippen LogP contribution is -2.36. The van der Waals surface area contributed by atoms with Crippen LogP contribution in [0.15, 0.2) is 53.5 Å². The maximum absolute atomic E-state index is 12.8. The quantitative estimate of drug-likeness (QED) is 0.236. The Bertz CT molecular complexity index is 768. The number of halogens is 4. The van der Waals surface area contributed by atoms with Gasteiger partial charge < -0.3 is 20.1 Å². The molecular weight excluding hydrogens is 498 g/mol. The number of rotatable bonds is 8. The molecule has 0 unspecified atom stereocenters. The van der Waals surface area contributed by atoms with Gasteiger partial charge in [-0.1, -0.05) is 24.3 Å². The number of alkyl halides is 3. The van der Waals surface area contributed by atoms with Crippen LogP contribution in [0.25, 0.3) is 0 Å². The molecule has 0 aliphatic carbocycles. The van der Waals surface area contributed by atoms with E-state index in [0.717, 1.165) is 23.4 Å². The number of methoxy groups -OCH3 is 1. The third-order valence-corrected chi connectivity index (χ3v) is 3.88. The van der Waals surface area contributed by atoms with Crippen LogP contribution in [0.3, 0.4) is 0 Å². The highest BCUT2D eigenvalue weighted by molar-refractivity contribution is 14.0. The van der Waals surface area contributed by atoms with E-state index in [4.69, 9.17) is 9.47 Å². The van der Waals surface area contributed by atoms with Gasteiger partial charge >= 0.3 is 6.18 Å². The second kappa shape index (κ2) is 12.5. The molecule has 0 atom stereocenters. The van der Waals surface area contributed by atoms with Crippen molar-refractivity contribution in [2.75, 3.05) is 27.4 Å². The van der Waals surface area contributed by atoms with Gasteiger partial charge in [-0.25, -0.2) is 0 Å². The lowest BCUT2D eigenvalue weighted by molar-refractivity contribution is -0.137. The molecule has 5 nitrogen and oxygen atoms in total. The zero-order valence-electron chi connectivity index (χ0n) is 16.3. The second-order valence-corrected chi connectivity index (χ2v) is 5.96. The highest BCUT2D eigenvalue weighted by Crippen LogP contribution is 2.29. The summed E-state index contributed by atoms with van der Waals surface area (Å²) in [6, 6.07) is 12.8. The van der Waals surface area contributed by atoms with Crippen LogP contribution < -0.4 is 15.4 Å². The summed E-state index contributed by atoms with van der Waals surface area (Å²) in [4.78, 5) is 4.09. The molecule has 2 aromatic carbocycles. The fourth-order valence-electron chi connectivity index (χ4n) is 2.40. The standard InChI is InChI=1S/C20H24F3N3O2.HI/c1-24-19(26-14-16-4-3-5-17(12-16)20(21,22)23)25-13-15-6-8-18(9-7-15)28-11-10-27-2;/h3-9,12H,10-11,13-14H2,1-2H3,(H2,24,25,26);1H. The zero-order chi connectivity index (χ0) is 20.4. The summed E-state index contributed by atoms with van der Waals surface area (Å²) < 4.78 is 48.8. The molecule has 0 radical (unpaired) electrons. The van der Waals surface area contributed by atoms with E-state index >= 15 is 0 Å².